The SMILES string of the molecule is CC(c1ccncc1)N(C)C(=O)c1cc(COc2cccc(F)c2)[nH]n1. The van der Waals surface area contributed by atoms with E-state index >= 15 is 0 Å². The highest BCUT2D eigenvalue weighted by Crippen LogP contribution is 2.20. The van der Waals surface area contributed by atoms with Crippen molar-refractivity contribution < 1.29 is 13.9 Å². The summed E-state index contributed by atoms with van der Waals surface area (Å²) in [5.74, 6) is -0.159. The number of rotatable bonds is 6. The fourth-order valence-electron chi connectivity index (χ4n) is 2.49. The average Bonchev–Trinajstić information content (AvgIpc) is 3.14. The van der Waals surface area contributed by atoms with Crippen LogP contribution in [0.15, 0.2) is 54.9 Å². The first-order valence-corrected chi connectivity index (χ1v) is 8.14. The molecule has 7 heteroatoms. The number of halogens is 1. The molecule has 0 radical (unpaired) electrons. The van der Waals surface area contributed by atoms with Crippen molar-refractivity contribution in [2.45, 2.75) is 19.6 Å². The normalized spacial score (nSPS) is 11.8. The molecule has 3 aromatic rings. The Hall–Kier alpha value is -3.22. The highest BCUT2D eigenvalue weighted by atomic mass is 19.1. The second-order valence-electron chi connectivity index (χ2n) is 5.90. The predicted octanol–water partition coefficient (Wildman–Crippen LogP) is 3.36. The van der Waals surface area contributed by atoms with Gasteiger partial charge in [-0.05, 0) is 42.8 Å². The van der Waals surface area contributed by atoms with Crippen LogP contribution in [0.3, 0.4) is 0 Å². The van der Waals surface area contributed by atoms with Gasteiger partial charge in [0.15, 0.2) is 5.69 Å². The number of aromatic nitrogens is 3. The molecule has 1 N–H and O–H groups in total. The van der Waals surface area contributed by atoms with Gasteiger partial charge in [-0.1, -0.05) is 6.07 Å². The summed E-state index contributed by atoms with van der Waals surface area (Å²) < 4.78 is 18.7. The Kier molecular flexibility index (Phi) is 5.26. The lowest BCUT2D eigenvalue weighted by molar-refractivity contribution is 0.0736. The number of ether oxygens (including phenoxy) is 1. The molecule has 1 amide bonds. The Morgan fingerprint density at radius 2 is 2.04 bits per heavy atom. The van der Waals surface area contributed by atoms with Crippen molar-refractivity contribution in [1.29, 1.82) is 0 Å². The second-order valence-corrected chi connectivity index (χ2v) is 5.90. The maximum atomic E-state index is 13.2. The zero-order valence-corrected chi connectivity index (χ0v) is 14.5. The molecular formula is C19H19FN4O2. The second kappa shape index (κ2) is 7.77. The van der Waals surface area contributed by atoms with Gasteiger partial charge in [0.05, 0.1) is 11.7 Å². The number of hydrogen-bond donors (Lipinski definition) is 1. The Labute approximate surface area is 150 Å². The third-order valence-electron chi connectivity index (χ3n) is 4.13. The van der Waals surface area contributed by atoms with Gasteiger partial charge in [-0.3, -0.25) is 14.9 Å². The van der Waals surface area contributed by atoms with Gasteiger partial charge in [0.2, 0.25) is 0 Å². The van der Waals surface area contributed by atoms with Crippen LogP contribution in [-0.4, -0.2) is 33.0 Å². The molecule has 0 bridgehead atoms. The number of pyridine rings is 1. The van der Waals surface area contributed by atoms with Crippen LogP contribution in [0.4, 0.5) is 4.39 Å². The lowest BCUT2D eigenvalue weighted by atomic mass is 10.1. The predicted molar refractivity (Wildman–Crippen MR) is 94.1 cm³/mol. The van der Waals surface area contributed by atoms with Gasteiger partial charge in [-0.25, -0.2) is 4.39 Å². The third kappa shape index (κ3) is 4.05. The van der Waals surface area contributed by atoms with Gasteiger partial charge in [-0.2, -0.15) is 5.10 Å². The van der Waals surface area contributed by atoms with E-state index < -0.39 is 0 Å². The first-order chi connectivity index (χ1) is 12.5. The third-order valence-corrected chi connectivity index (χ3v) is 4.13. The van der Waals surface area contributed by atoms with Crippen LogP contribution < -0.4 is 4.74 Å². The van der Waals surface area contributed by atoms with Crippen molar-refractivity contribution in [3.63, 3.8) is 0 Å². The summed E-state index contributed by atoms with van der Waals surface area (Å²) in [4.78, 5) is 18.2. The van der Waals surface area contributed by atoms with Crippen LogP contribution in [0.5, 0.6) is 5.75 Å². The Morgan fingerprint density at radius 1 is 1.27 bits per heavy atom. The van der Waals surface area contributed by atoms with Gasteiger partial charge in [0.1, 0.15) is 18.2 Å². The topological polar surface area (TPSA) is 71.1 Å². The summed E-state index contributed by atoms with van der Waals surface area (Å²) in [6.07, 6.45) is 3.39. The molecule has 0 aliphatic rings. The summed E-state index contributed by atoms with van der Waals surface area (Å²) in [7, 11) is 1.73. The van der Waals surface area contributed by atoms with Gasteiger partial charge in [0.25, 0.3) is 5.91 Å². The molecular weight excluding hydrogens is 335 g/mol. The number of carbonyl (C=O) groups excluding carboxylic acids is 1. The monoisotopic (exact) mass is 354 g/mol. The van der Waals surface area contributed by atoms with Crippen LogP contribution in [0.1, 0.15) is 34.7 Å². The molecule has 0 aliphatic heterocycles. The molecule has 1 unspecified atom stereocenters. The number of carbonyl (C=O) groups is 1. The van der Waals surface area contributed by atoms with E-state index in [0.29, 0.717) is 17.1 Å². The smallest absolute Gasteiger partial charge is 0.274 e. The Bertz CT molecular complexity index is 882. The van der Waals surface area contributed by atoms with Crippen molar-refractivity contribution in [2.75, 3.05) is 7.05 Å². The van der Waals surface area contributed by atoms with Crippen LogP contribution in [-0.2, 0) is 6.61 Å². The zero-order valence-electron chi connectivity index (χ0n) is 14.5. The van der Waals surface area contributed by atoms with Crippen molar-refractivity contribution >= 4 is 5.91 Å². The molecule has 1 atom stereocenters. The lowest BCUT2D eigenvalue weighted by Crippen LogP contribution is -2.29. The van der Waals surface area contributed by atoms with Crippen LogP contribution in [0.2, 0.25) is 0 Å². The van der Waals surface area contributed by atoms with Crippen LogP contribution in [0.25, 0.3) is 0 Å². The van der Waals surface area contributed by atoms with Gasteiger partial charge in [-0.15, -0.1) is 0 Å². The largest absolute Gasteiger partial charge is 0.487 e. The molecule has 0 saturated carbocycles. The summed E-state index contributed by atoms with van der Waals surface area (Å²) in [6, 6.07) is 11.1. The van der Waals surface area contributed by atoms with E-state index in [-0.39, 0.29) is 24.4 Å². The van der Waals surface area contributed by atoms with E-state index in [1.54, 1.807) is 42.5 Å². The minimum atomic E-state index is -0.366. The van der Waals surface area contributed by atoms with Crippen molar-refractivity contribution in [3.05, 3.63) is 77.6 Å². The summed E-state index contributed by atoms with van der Waals surface area (Å²) in [6.45, 7) is 2.10. The first kappa shape index (κ1) is 17.6. The van der Waals surface area contributed by atoms with Crippen molar-refractivity contribution in [1.82, 2.24) is 20.1 Å². The molecule has 2 aromatic heterocycles. The highest BCUT2D eigenvalue weighted by Gasteiger charge is 2.21. The molecule has 1 aromatic carbocycles. The molecule has 134 valence electrons. The standard InChI is InChI=1S/C19H19FN4O2/c1-13(14-6-8-21-9-7-14)24(2)19(25)18-11-16(22-23-18)12-26-17-5-3-4-15(20)10-17/h3-11,13H,12H2,1-2H3,(H,22,23). The highest BCUT2D eigenvalue weighted by molar-refractivity contribution is 5.92. The molecule has 0 spiro atoms. The molecule has 0 saturated heterocycles. The number of nitrogens with zero attached hydrogens (tertiary/aromatic N) is 3. The average molecular weight is 354 g/mol. The van der Waals surface area contributed by atoms with E-state index in [9.17, 15) is 9.18 Å². The Morgan fingerprint density at radius 3 is 2.77 bits per heavy atom. The number of H-pyrrole nitrogens is 1. The Balaban J connectivity index is 1.64. The molecule has 2 heterocycles. The van der Waals surface area contributed by atoms with Gasteiger partial charge in [0, 0.05) is 25.5 Å². The minimum absolute atomic E-state index is 0.116. The number of benzene rings is 1. The number of hydrogen-bond acceptors (Lipinski definition) is 4. The quantitative estimate of drug-likeness (QED) is 0.737. The van der Waals surface area contributed by atoms with Gasteiger partial charge < -0.3 is 9.64 Å². The molecule has 0 aliphatic carbocycles. The number of nitrogens with one attached hydrogen (secondary N) is 1. The van der Waals surface area contributed by atoms with E-state index in [2.05, 4.69) is 15.2 Å². The first-order valence-electron chi connectivity index (χ1n) is 8.14. The van der Waals surface area contributed by atoms with Crippen molar-refractivity contribution in [3.8, 4) is 5.75 Å². The van der Waals surface area contributed by atoms with E-state index in [1.165, 1.54) is 12.1 Å². The molecule has 0 fully saturated rings. The number of amides is 1. The van der Waals surface area contributed by atoms with E-state index in [4.69, 9.17) is 4.74 Å². The zero-order chi connectivity index (χ0) is 18.5. The summed E-state index contributed by atoms with van der Waals surface area (Å²) in [5, 5.41) is 6.84. The number of aromatic amines is 1. The fraction of sp³-hybridized carbons (Fsp3) is 0.211. The summed E-state index contributed by atoms with van der Waals surface area (Å²) >= 11 is 0. The van der Waals surface area contributed by atoms with Crippen LogP contribution in [0, 0.1) is 5.82 Å². The molecule has 26 heavy (non-hydrogen) atoms. The maximum absolute atomic E-state index is 13.2. The summed E-state index contributed by atoms with van der Waals surface area (Å²) in [5.41, 5.74) is 1.91. The minimum Gasteiger partial charge on any atom is -0.487 e. The van der Waals surface area contributed by atoms with Gasteiger partial charge >= 0.3 is 0 Å². The van der Waals surface area contributed by atoms with E-state index in [1.807, 2.05) is 19.1 Å². The van der Waals surface area contributed by atoms with Crippen LogP contribution >= 0.6 is 0 Å². The lowest BCUT2D eigenvalue weighted by Gasteiger charge is -2.24. The fourth-order valence-corrected chi connectivity index (χ4v) is 2.49. The maximum Gasteiger partial charge on any atom is 0.274 e. The molecule has 6 nitrogen and oxygen atoms in total. The van der Waals surface area contributed by atoms with Crippen molar-refractivity contribution in [2.24, 2.45) is 0 Å². The van der Waals surface area contributed by atoms with E-state index in [0.717, 1.165) is 5.56 Å². The molecule has 3 rings (SSSR count).